The van der Waals surface area contributed by atoms with E-state index in [4.69, 9.17) is 0 Å². The summed E-state index contributed by atoms with van der Waals surface area (Å²) in [5, 5.41) is 6.61. The van der Waals surface area contributed by atoms with Crippen molar-refractivity contribution in [1.82, 2.24) is 15.5 Å². The van der Waals surface area contributed by atoms with E-state index in [1.807, 2.05) is 0 Å². The molecule has 2 atom stereocenters. The number of nitrogens with zero attached hydrogens (tertiary/aromatic N) is 1. The van der Waals surface area contributed by atoms with Gasteiger partial charge in [-0.3, -0.25) is 9.69 Å². The van der Waals surface area contributed by atoms with E-state index in [1.54, 1.807) is 0 Å². The molecule has 0 saturated carbocycles. The van der Waals surface area contributed by atoms with Gasteiger partial charge in [0.2, 0.25) is 5.91 Å². The van der Waals surface area contributed by atoms with Crippen molar-refractivity contribution in [3.05, 3.63) is 0 Å². The Balaban J connectivity index is 2.27. The summed E-state index contributed by atoms with van der Waals surface area (Å²) in [6, 6.07) is 0.847. The summed E-state index contributed by atoms with van der Waals surface area (Å²) in [7, 11) is 0. The van der Waals surface area contributed by atoms with Crippen molar-refractivity contribution in [3.8, 4) is 0 Å². The molecule has 1 rings (SSSR count). The van der Waals surface area contributed by atoms with E-state index in [0.29, 0.717) is 24.5 Å². The third-order valence-electron chi connectivity index (χ3n) is 3.91. The standard InChI is InChI=1S/C16H33N3O/c1-5-7-14(4)18-16(20)12-19-9-6-8-15(11-19)10-17-13(2)3/h13-15,17H,5-12H2,1-4H3,(H,18,20). The first-order chi connectivity index (χ1) is 9.51. The van der Waals surface area contributed by atoms with Gasteiger partial charge in [-0.15, -0.1) is 0 Å². The Morgan fingerprint density at radius 2 is 2.10 bits per heavy atom. The number of nitrogens with one attached hydrogen (secondary N) is 2. The number of hydrogen-bond acceptors (Lipinski definition) is 3. The van der Waals surface area contributed by atoms with Gasteiger partial charge in [0.05, 0.1) is 6.54 Å². The highest BCUT2D eigenvalue weighted by Gasteiger charge is 2.21. The van der Waals surface area contributed by atoms with Gasteiger partial charge in [-0.05, 0) is 45.2 Å². The zero-order valence-electron chi connectivity index (χ0n) is 13.7. The van der Waals surface area contributed by atoms with Crippen LogP contribution in [-0.2, 0) is 4.79 Å². The van der Waals surface area contributed by atoms with Crippen molar-refractivity contribution in [1.29, 1.82) is 0 Å². The zero-order valence-corrected chi connectivity index (χ0v) is 13.7. The summed E-state index contributed by atoms with van der Waals surface area (Å²) in [5.74, 6) is 0.871. The highest BCUT2D eigenvalue weighted by molar-refractivity contribution is 5.78. The third kappa shape index (κ3) is 7.25. The number of piperidine rings is 1. The summed E-state index contributed by atoms with van der Waals surface area (Å²) in [5.41, 5.74) is 0. The lowest BCUT2D eigenvalue weighted by Gasteiger charge is -2.33. The second-order valence-electron chi connectivity index (χ2n) is 6.56. The van der Waals surface area contributed by atoms with E-state index in [2.05, 4.69) is 43.2 Å². The fourth-order valence-electron chi connectivity index (χ4n) is 2.89. The maximum absolute atomic E-state index is 12.0. The quantitative estimate of drug-likeness (QED) is 0.716. The predicted octanol–water partition coefficient (Wildman–Crippen LogP) is 2.00. The Bertz CT molecular complexity index is 281. The van der Waals surface area contributed by atoms with Crippen LogP contribution in [0.15, 0.2) is 0 Å². The summed E-state index contributed by atoms with van der Waals surface area (Å²) in [4.78, 5) is 14.3. The van der Waals surface area contributed by atoms with Gasteiger partial charge in [0.25, 0.3) is 0 Å². The molecule has 0 radical (unpaired) electrons. The predicted molar refractivity (Wildman–Crippen MR) is 84.8 cm³/mol. The molecule has 0 aliphatic carbocycles. The highest BCUT2D eigenvalue weighted by Crippen LogP contribution is 2.15. The van der Waals surface area contributed by atoms with Crippen molar-refractivity contribution < 1.29 is 4.79 Å². The Kier molecular flexibility index (Phi) is 8.15. The minimum atomic E-state index is 0.184. The smallest absolute Gasteiger partial charge is 0.234 e. The maximum atomic E-state index is 12.0. The topological polar surface area (TPSA) is 44.4 Å². The van der Waals surface area contributed by atoms with Gasteiger partial charge in [0.15, 0.2) is 0 Å². The fourth-order valence-corrected chi connectivity index (χ4v) is 2.89. The van der Waals surface area contributed by atoms with Crippen molar-refractivity contribution in [2.24, 2.45) is 5.92 Å². The lowest BCUT2D eigenvalue weighted by atomic mass is 9.97. The van der Waals surface area contributed by atoms with Crippen molar-refractivity contribution >= 4 is 5.91 Å². The van der Waals surface area contributed by atoms with Gasteiger partial charge in [-0.25, -0.2) is 0 Å². The molecule has 20 heavy (non-hydrogen) atoms. The minimum Gasteiger partial charge on any atom is -0.353 e. The maximum Gasteiger partial charge on any atom is 0.234 e. The van der Waals surface area contributed by atoms with Gasteiger partial charge < -0.3 is 10.6 Å². The Morgan fingerprint density at radius 1 is 1.35 bits per heavy atom. The van der Waals surface area contributed by atoms with Gasteiger partial charge in [0.1, 0.15) is 0 Å². The molecule has 1 heterocycles. The SMILES string of the molecule is CCCC(C)NC(=O)CN1CCCC(CNC(C)C)C1. The average molecular weight is 283 g/mol. The van der Waals surface area contributed by atoms with Gasteiger partial charge >= 0.3 is 0 Å². The first-order valence-corrected chi connectivity index (χ1v) is 8.26. The second kappa shape index (κ2) is 9.35. The lowest BCUT2D eigenvalue weighted by molar-refractivity contribution is -0.123. The van der Waals surface area contributed by atoms with Crippen LogP contribution < -0.4 is 10.6 Å². The molecule has 0 aromatic rings. The van der Waals surface area contributed by atoms with Crippen LogP contribution in [0.5, 0.6) is 0 Å². The first kappa shape index (κ1) is 17.4. The zero-order chi connectivity index (χ0) is 15.0. The Hall–Kier alpha value is -0.610. The molecule has 0 aromatic heterocycles. The molecule has 1 fully saturated rings. The summed E-state index contributed by atoms with van der Waals surface area (Å²) in [6.07, 6.45) is 4.67. The number of carbonyl (C=O) groups is 1. The lowest BCUT2D eigenvalue weighted by Crippen LogP contribution is -2.46. The van der Waals surface area contributed by atoms with E-state index in [1.165, 1.54) is 12.8 Å². The van der Waals surface area contributed by atoms with Gasteiger partial charge in [-0.1, -0.05) is 27.2 Å². The van der Waals surface area contributed by atoms with Gasteiger partial charge in [0, 0.05) is 18.6 Å². The monoisotopic (exact) mass is 283 g/mol. The number of rotatable bonds is 8. The van der Waals surface area contributed by atoms with Crippen LogP contribution in [0.2, 0.25) is 0 Å². The van der Waals surface area contributed by atoms with E-state index in [9.17, 15) is 4.79 Å². The average Bonchev–Trinajstić information content (AvgIpc) is 2.36. The molecule has 1 aliphatic heterocycles. The molecule has 1 saturated heterocycles. The van der Waals surface area contributed by atoms with Gasteiger partial charge in [-0.2, -0.15) is 0 Å². The summed E-state index contributed by atoms with van der Waals surface area (Å²) < 4.78 is 0. The minimum absolute atomic E-state index is 0.184. The van der Waals surface area contributed by atoms with E-state index in [-0.39, 0.29) is 5.91 Å². The highest BCUT2D eigenvalue weighted by atomic mass is 16.2. The molecule has 0 spiro atoms. The molecule has 2 N–H and O–H groups in total. The summed E-state index contributed by atoms with van der Waals surface area (Å²) >= 11 is 0. The van der Waals surface area contributed by atoms with Crippen LogP contribution in [-0.4, -0.2) is 49.1 Å². The molecule has 2 unspecified atom stereocenters. The second-order valence-corrected chi connectivity index (χ2v) is 6.56. The molecule has 1 aliphatic rings. The van der Waals surface area contributed by atoms with Crippen molar-refractivity contribution in [2.75, 3.05) is 26.2 Å². The number of amides is 1. The Labute approximate surface area is 124 Å². The molecule has 118 valence electrons. The molecular weight excluding hydrogens is 250 g/mol. The number of likely N-dealkylation sites (tertiary alicyclic amines) is 1. The normalized spacial score (nSPS) is 21.9. The number of carbonyl (C=O) groups excluding carboxylic acids is 1. The largest absolute Gasteiger partial charge is 0.353 e. The van der Waals surface area contributed by atoms with Crippen molar-refractivity contribution in [3.63, 3.8) is 0 Å². The first-order valence-electron chi connectivity index (χ1n) is 8.26. The molecule has 0 aromatic carbocycles. The van der Waals surface area contributed by atoms with E-state index < -0.39 is 0 Å². The fraction of sp³-hybridized carbons (Fsp3) is 0.938. The summed E-state index contributed by atoms with van der Waals surface area (Å²) in [6.45, 7) is 12.4. The molecule has 4 heteroatoms. The number of hydrogen-bond donors (Lipinski definition) is 2. The Morgan fingerprint density at radius 3 is 2.75 bits per heavy atom. The molecule has 4 nitrogen and oxygen atoms in total. The molecule has 0 bridgehead atoms. The molecule has 1 amide bonds. The third-order valence-corrected chi connectivity index (χ3v) is 3.91. The van der Waals surface area contributed by atoms with E-state index in [0.717, 1.165) is 32.5 Å². The van der Waals surface area contributed by atoms with Crippen molar-refractivity contribution in [2.45, 2.75) is 65.5 Å². The molecular formula is C16H33N3O. The van der Waals surface area contributed by atoms with Crippen LogP contribution in [0, 0.1) is 5.92 Å². The van der Waals surface area contributed by atoms with E-state index >= 15 is 0 Å². The van der Waals surface area contributed by atoms with Crippen LogP contribution >= 0.6 is 0 Å². The van der Waals surface area contributed by atoms with Crippen LogP contribution in [0.25, 0.3) is 0 Å². The van der Waals surface area contributed by atoms with Crippen LogP contribution in [0.4, 0.5) is 0 Å². The van der Waals surface area contributed by atoms with Crippen LogP contribution in [0.1, 0.15) is 53.4 Å². The van der Waals surface area contributed by atoms with Crippen LogP contribution in [0.3, 0.4) is 0 Å².